The first-order valence-electron chi connectivity index (χ1n) is 10.7. The SMILES string of the molecule is CC(C)C(NC(=O)c1ccc(Cl)cc1Cl)C(=O)NCc1ccc(N2CCN(C)CC2)nc1. The van der Waals surface area contributed by atoms with E-state index in [1.807, 2.05) is 26.0 Å². The molecule has 1 saturated heterocycles. The number of pyridine rings is 1. The van der Waals surface area contributed by atoms with Crippen LogP contribution in [0.4, 0.5) is 5.82 Å². The molecule has 1 aliphatic heterocycles. The summed E-state index contributed by atoms with van der Waals surface area (Å²) in [6, 6.07) is 7.89. The predicted molar refractivity (Wildman–Crippen MR) is 128 cm³/mol. The monoisotopic (exact) mass is 477 g/mol. The van der Waals surface area contributed by atoms with Crippen molar-refractivity contribution in [3.05, 3.63) is 57.7 Å². The van der Waals surface area contributed by atoms with Crippen LogP contribution in [0.2, 0.25) is 10.0 Å². The highest BCUT2D eigenvalue weighted by molar-refractivity contribution is 6.36. The molecule has 0 radical (unpaired) electrons. The summed E-state index contributed by atoms with van der Waals surface area (Å²) in [4.78, 5) is 34.5. The molecule has 1 aromatic carbocycles. The van der Waals surface area contributed by atoms with Crippen LogP contribution in [0.5, 0.6) is 0 Å². The molecule has 9 heteroatoms. The largest absolute Gasteiger partial charge is 0.354 e. The third-order valence-corrected chi connectivity index (χ3v) is 6.06. The highest BCUT2D eigenvalue weighted by Crippen LogP contribution is 2.21. The molecule has 2 amide bonds. The number of piperazine rings is 1. The highest BCUT2D eigenvalue weighted by atomic mass is 35.5. The molecule has 7 nitrogen and oxygen atoms in total. The summed E-state index contributed by atoms with van der Waals surface area (Å²) in [7, 11) is 2.12. The number of amides is 2. The minimum absolute atomic E-state index is 0.109. The molecular weight excluding hydrogens is 449 g/mol. The fourth-order valence-electron chi connectivity index (χ4n) is 3.47. The van der Waals surface area contributed by atoms with E-state index in [2.05, 4.69) is 32.5 Å². The number of rotatable bonds is 7. The number of hydrogen-bond acceptors (Lipinski definition) is 5. The molecule has 32 heavy (non-hydrogen) atoms. The standard InChI is InChI=1S/C23H29Cl2N5O2/c1-15(2)21(28-22(31)18-6-5-17(24)12-19(18)25)23(32)27-14-16-4-7-20(26-13-16)30-10-8-29(3)9-11-30/h4-7,12-13,15,21H,8-11,14H2,1-3H3,(H,27,32)(H,28,31). The Bertz CT molecular complexity index is 944. The van der Waals surface area contributed by atoms with E-state index in [4.69, 9.17) is 23.2 Å². The molecule has 0 saturated carbocycles. The van der Waals surface area contributed by atoms with E-state index in [1.165, 1.54) is 6.07 Å². The first-order valence-corrected chi connectivity index (χ1v) is 11.4. The van der Waals surface area contributed by atoms with Crippen molar-refractivity contribution in [1.82, 2.24) is 20.5 Å². The summed E-state index contributed by atoms with van der Waals surface area (Å²) < 4.78 is 0. The number of nitrogens with zero attached hydrogens (tertiary/aromatic N) is 3. The van der Waals surface area contributed by atoms with E-state index in [0.717, 1.165) is 37.6 Å². The van der Waals surface area contributed by atoms with Crippen LogP contribution < -0.4 is 15.5 Å². The number of carbonyl (C=O) groups excluding carboxylic acids is 2. The van der Waals surface area contributed by atoms with E-state index in [9.17, 15) is 9.59 Å². The van der Waals surface area contributed by atoms with E-state index < -0.39 is 11.9 Å². The van der Waals surface area contributed by atoms with Gasteiger partial charge in [0.05, 0.1) is 10.6 Å². The van der Waals surface area contributed by atoms with Crippen molar-refractivity contribution < 1.29 is 9.59 Å². The minimum atomic E-state index is -0.702. The van der Waals surface area contributed by atoms with E-state index in [1.54, 1.807) is 18.3 Å². The summed E-state index contributed by atoms with van der Waals surface area (Å²) in [6.07, 6.45) is 1.78. The predicted octanol–water partition coefficient (Wildman–Crippen LogP) is 3.21. The smallest absolute Gasteiger partial charge is 0.253 e. The van der Waals surface area contributed by atoms with Gasteiger partial charge in [0.15, 0.2) is 0 Å². The molecule has 1 unspecified atom stereocenters. The number of hydrogen-bond donors (Lipinski definition) is 2. The highest BCUT2D eigenvalue weighted by Gasteiger charge is 2.25. The molecule has 1 aromatic heterocycles. The van der Waals surface area contributed by atoms with E-state index in [-0.39, 0.29) is 22.4 Å². The van der Waals surface area contributed by atoms with Crippen molar-refractivity contribution in [2.75, 3.05) is 38.1 Å². The first kappa shape index (κ1) is 24.3. The Labute approximate surface area is 199 Å². The van der Waals surface area contributed by atoms with Gasteiger partial charge in [-0.2, -0.15) is 0 Å². The van der Waals surface area contributed by atoms with Gasteiger partial charge in [0.2, 0.25) is 5.91 Å². The van der Waals surface area contributed by atoms with Crippen LogP contribution in [0.15, 0.2) is 36.5 Å². The molecule has 3 rings (SSSR count). The lowest BCUT2D eigenvalue weighted by Gasteiger charge is -2.33. The zero-order valence-electron chi connectivity index (χ0n) is 18.6. The van der Waals surface area contributed by atoms with Gasteiger partial charge in [0.1, 0.15) is 11.9 Å². The molecule has 0 aliphatic carbocycles. The fraction of sp³-hybridized carbons (Fsp3) is 0.435. The van der Waals surface area contributed by atoms with Gasteiger partial charge in [-0.3, -0.25) is 9.59 Å². The Morgan fingerprint density at radius 1 is 1.09 bits per heavy atom. The van der Waals surface area contributed by atoms with Crippen LogP contribution in [0, 0.1) is 5.92 Å². The number of carbonyl (C=O) groups is 2. The molecule has 2 N–H and O–H groups in total. The lowest BCUT2D eigenvalue weighted by molar-refractivity contribution is -0.124. The topological polar surface area (TPSA) is 77.6 Å². The molecule has 1 fully saturated rings. The van der Waals surface area contributed by atoms with Gasteiger partial charge in [0.25, 0.3) is 5.91 Å². The van der Waals surface area contributed by atoms with Crippen molar-refractivity contribution >= 4 is 40.8 Å². The second-order valence-corrected chi connectivity index (χ2v) is 9.20. The summed E-state index contributed by atoms with van der Waals surface area (Å²) >= 11 is 12.0. The van der Waals surface area contributed by atoms with Gasteiger partial charge >= 0.3 is 0 Å². The molecular formula is C23H29Cl2N5O2. The van der Waals surface area contributed by atoms with Crippen LogP contribution >= 0.6 is 23.2 Å². The Morgan fingerprint density at radius 2 is 1.81 bits per heavy atom. The number of halogens is 2. The Morgan fingerprint density at radius 3 is 2.41 bits per heavy atom. The van der Waals surface area contributed by atoms with E-state index in [0.29, 0.717) is 11.6 Å². The minimum Gasteiger partial charge on any atom is -0.354 e. The lowest BCUT2D eigenvalue weighted by Crippen LogP contribution is -2.49. The van der Waals surface area contributed by atoms with Gasteiger partial charge in [-0.25, -0.2) is 4.98 Å². The van der Waals surface area contributed by atoms with Gasteiger partial charge in [-0.1, -0.05) is 43.1 Å². The number of aromatic nitrogens is 1. The average Bonchev–Trinajstić information content (AvgIpc) is 2.76. The van der Waals surface area contributed by atoms with Crippen LogP contribution in [-0.2, 0) is 11.3 Å². The first-order chi connectivity index (χ1) is 15.2. The summed E-state index contributed by atoms with van der Waals surface area (Å²) in [5, 5.41) is 6.36. The molecule has 1 atom stereocenters. The normalized spacial score (nSPS) is 15.5. The lowest BCUT2D eigenvalue weighted by atomic mass is 10.0. The Balaban J connectivity index is 1.57. The maximum atomic E-state index is 12.8. The van der Waals surface area contributed by atoms with Crippen molar-refractivity contribution in [2.24, 2.45) is 5.92 Å². The summed E-state index contributed by atoms with van der Waals surface area (Å²) in [5.74, 6) is 0.156. The third-order valence-electron chi connectivity index (χ3n) is 5.51. The molecule has 2 heterocycles. The second kappa shape index (κ2) is 11.0. The van der Waals surface area contributed by atoms with Crippen LogP contribution in [0.25, 0.3) is 0 Å². The molecule has 0 spiro atoms. The summed E-state index contributed by atoms with van der Waals surface area (Å²) in [5.41, 5.74) is 1.17. The molecule has 172 valence electrons. The van der Waals surface area contributed by atoms with Gasteiger partial charge in [0, 0.05) is 43.9 Å². The Hall–Kier alpha value is -2.35. The van der Waals surface area contributed by atoms with E-state index >= 15 is 0 Å². The third kappa shape index (κ3) is 6.34. The Kier molecular flexibility index (Phi) is 8.34. The van der Waals surface area contributed by atoms with Crippen molar-refractivity contribution in [1.29, 1.82) is 0 Å². The zero-order chi connectivity index (χ0) is 23.3. The van der Waals surface area contributed by atoms with Crippen molar-refractivity contribution in [3.63, 3.8) is 0 Å². The van der Waals surface area contributed by atoms with Crippen molar-refractivity contribution in [2.45, 2.75) is 26.4 Å². The number of nitrogens with one attached hydrogen (secondary N) is 2. The van der Waals surface area contributed by atoms with Gasteiger partial charge < -0.3 is 20.4 Å². The quantitative estimate of drug-likeness (QED) is 0.639. The molecule has 1 aliphatic rings. The maximum absolute atomic E-state index is 12.8. The average molecular weight is 478 g/mol. The number of benzene rings is 1. The van der Waals surface area contributed by atoms with Crippen LogP contribution in [0.1, 0.15) is 29.8 Å². The van der Waals surface area contributed by atoms with Crippen LogP contribution in [-0.4, -0.2) is 61.0 Å². The van der Waals surface area contributed by atoms with Gasteiger partial charge in [-0.05, 0) is 42.8 Å². The fourth-order valence-corrected chi connectivity index (χ4v) is 3.96. The maximum Gasteiger partial charge on any atom is 0.253 e. The summed E-state index contributed by atoms with van der Waals surface area (Å²) in [6.45, 7) is 8.02. The van der Waals surface area contributed by atoms with Crippen molar-refractivity contribution in [3.8, 4) is 0 Å². The number of anilines is 1. The number of likely N-dealkylation sites (N-methyl/N-ethyl adjacent to an activating group) is 1. The molecule has 0 bridgehead atoms. The molecule has 2 aromatic rings. The van der Waals surface area contributed by atoms with Gasteiger partial charge in [-0.15, -0.1) is 0 Å². The van der Waals surface area contributed by atoms with Crippen LogP contribution in [0.3, 0.4) is 0 Å². The second-order valence-electron chi connectivity index (χ2n) is 8.35. The zero-order valence-corrected chi connectivity index (χ0v) is 20.1.